The highest BCUT2D eigenvalue weighted by Crippen LogP contribution is 2.49. The van der Waals surface area contributed by atoms with Crippen molar-refractivity contribution in [3.63, 3.8) is 0 Å². The zero-order chi connectivity index (χ0) is 43.5. The highest BCUT2D eigenvalue weighted by molar-refractivity contribution is 6.22. The fourth-order valence-electron chi connectivity index (χ4n) is 10.5. The van der Waals surface area contributed by atoms with Gasteiger partial charge in [-0.05, 0) is 120 Å². The zero-order valence-electron chi connectivity index (χ0n) is 36.7. The summed E-state index contributed by atoms with van der Waals surface area (Å²) in [5, 5.41) is 5.04. The van der Waals surface area contributed by atoms with E-state index in [1.165, 1.54) is 116 Å². The molecule has 1 nitrogen and oxygen atoms in total. The molecule has 12 rings (SSSR count). The van der Waals surface area contributed by atoms with Crippen molar-refractivity contribution in [1.82, 2.24) is 4.57 Å². The summed E-state index contributed by atoms with van der Waals surface area (Å²) >= 11 is 0. The van der Waals surface area contributed by atoms with Crippen LogP contribution in [0.2, 0.25) is 0 Å². The maximum absolute atomic E-state index is 2.46. The highest BCUT2D eigenvalue weighted by atomic mass is 15.0. The van der Waals surface area contributed by atoms with Gasteiger partial charge in [0, 0.05) is 27.3 Å². The topological polar surface area (TPSA) is 4.93 Å². The fourth-order valence-corrected chi connectivity index (χ4v) is 10.5. The Morgan fingerprint density at radius 3 is 1.71 bits per heavy atom. The van der Waals surface area contributed by atoms with Crippen LogP contribution in [0.5, 0.6) is 0 Å². The molecule has 1 heteroatoms. The molecule has 0 saturated carbocycles. The lowest BCUT2D eigenvalue weighted by atomic mass is 9.81. The lowest BCUT2D eigenvalue weighted by molar-refractivity contribution is 0.660. The Labute approximate surface area is 381 Å². The summed E-state index contributed by atoms with van der Waals surface area (Å²) in [6.45, 7) is 4.73. The number of benzene rings is 10. The summed E-state index contributed by atoms with van der Waals surface area (Å²) in [6, 6.07) is 84.9. The zero-order valence-corrected chi connectivity index (χ0v) is 36.7. The summed E-state index contributed by atoms with van der Waals surface area (Å²) in [5.41, 5.74) is 21.5. The van der Waals surface area contributed by atoms with Gasteiger partial charge < -0.3 is 4.57 Å². The van der Waals surface area contributed by atoms with Gasteiger partial charge in [0.1, 0.15) is 0 Å². The van der Waals surface area contributed by atoms with E-state index in [9.17, 15) is 0 Å². The molecule has 0 fully saturated rings. The molecule has 0 aliphatic heterocycles. The van der Waals surface area contributed by atoms with Crippen LogP contribution in [-0.4, -0.2) is 4.57 Å². The van der Waals surface area contributed by atoms with Crippen molar-refractivity contribution >= 4 is 44.2 Å². The maximum Gasteiger partial charge on any atom is 0.0619 e. The normalized spacial score (nSPS) is 13.0. The van der Waals surface area contributed by atoms with E-state index in [4.69, 9.17) is 0 Å². The van der Waals surface area contributed by atoms with Crippen LogP contribution in [0, 0.1) is 0 Å². The van der Waals surface area contributed by atoms with Crippen LogP contribution in [0.15, 0.2) is 231 Å². The van der Waals surface area contributed by atoms with Crippen LogP contribution in [0.1, 0.15) is 41.7 Å². The quantitative estimate of drug-likeness (QED) is 0.134. The van der Waals surface area contributed by atoms with Crippen molar-refractivity contribution in [2.24, 2.45) is 0 Å². The van der Waals surface area contributed by atoms with Crippen LogP contribution in [-0.2, 0) is 11.8 Å². The molecule has 10 aromatic carbocycles. The summed E-state index contributed by atoms with van der Waals surface area (Å²) in [6.07, 6.45) is 3.21. The van der Waals surface area contributed by atoms with Crippen LogP contribution >= 0.6 is 0 Å². The van der Waals surface area contributed by atoms with Crippen LogP contribution < -0.4 is 0 Å². The van der Waals surface area contributed by atoms with Gasteiger partial charge in [-0.3, -0.25) is 0 Å². The first-order valence-electron chi connectivity index (χ1n) is 22.8. The molecule has 0 spiro atoms. The smallest absolute Gasteiger partial charge is 0.0619 e. The molecule has 0 N–H and O–H groups in total. The maximum atomic E-state index is 2.46. The van der Waals surface area contributed by atoms with Gasteiger partial charge in [0.2, 0.25) is 0 Å². The van der Waals surface area contributed by atoms with Crippen molar-refractivity contribution in [2.45, 2.75) is 25.7 Å². The molecule has 65 heavy (non-hydrogen) atoms. The van der Waals surface area contributed by atoms with Crippen molar-refractivity contribution in [2.75, 3.05) is 0 Å². The molecule has 0 saturated heterocycles. The minimum Gasteiger partial charge on any atom is -0.309 e. The SMILES string of the molecule is CC1(C)c2ccccc2-c2ccc(/C(=C\c3ccc(-c4ccccc4)cc3)Cc3ccc(-c4ccc(-c5cc6c7ccccc7n(-c7ccccc7)c6c6ccccc56)cc4)cc3)cc21. The molecule has 1 aliphatic carbocycles. The lowest BCUT2D eigenvalue weighted by Gasteiger charge is -2.22. The number of fused-ring (bicyclic) bond motifs is 8. The first-order valence-corrected chi connectivity index (χ1v) is 22.8. The number of aromatic nitrogens is 1. The second-order valence-electron chi connectivity index (χ2n) is 18.1. The molecule has 1 aliphatic rings. The number of para-hydroxylation sites is 2. The molecular formula is C64H47N. The largest absolute Gasteiger partial charge is 0.309 e. The van der Waals surface area contributed by atoms with E-state index in [1.54, 1.807) is 0 Å². The monoisotopic (exact) mass is 829 g/mol. The summed E-state index contributed by atoms with van der Waals surface area (Å²) in [5.74, 6) is 0. The van der Waals surface area contributed by atoms with E-state index in [0.717, 1.165) is 6.42 Å². The van der Waals surface area contributed by atoms with Crippen molar-refractivity contribution < 1.29 is 0 Å². The first-order chi connectivity index (χ1) is 32.0. The van der Waals surface area contributed by atoms with E-state index in [2.05, 4.69) is 255 Å². The predicted molar refractivity (Wildman–Crippen MR) is 277 cm³/mol. The third kappa shape index (κ3) is 6.71. The first kappa shape index (κ1) is 38.7. The number of nitrogens with zero attached hydrogens (tertiary/aromatic N) is 1. The molecule has 0 atom stereocenters. The fraction of sp³-hybridized carbons (Fsp3) is 0.0625. The molecule has 11 aromatic rings. The van der Waals surface area contributed by atoms with Crippen molar-refractivity contribution in [3.8, 4) is 50.2 Å². The molecule has 0 amide bonds. The van der Waals surface area contributed by atoms with E-state index < -0.39 is 0 Å². The van der Waals surface area contributed by atoms with Gasteiger partial charge >= 0.3 is 0 Å². The molecule has 0 radical (unpaired) electrons. The van der Waals surface area contributed by atoms with Gasteiger partial charge in [0.15, 0.2) is 0 Å². The summed E-state index contributed by atoms with van der Waals surface area (Å²) in [7, 11) is 0. The molecule has 0 unspecified atom stereocenters. The van der Waals surface area contributed by atoms with Gasteiger partial charge in [-0.25, -0.2) is 0 Å². The number of rotatable bonds is 8. The average Bonchev–Trinajstić information content (AvgIpc) is 3.82. The highest BCUT2D eigenvalue weighted by Gasteiger charge is 2.35. The lowest BCUT2D eigenvalue weighted by Crippen LogP contribution is -2.15. The third-order valence-electron chi connectivity index (χ3n) is 13.9. The van der Waals surface area contributed by atoms with Crippen molar-refractivity contribution in [1.29, 1.82) is 0 Å². The van der Waals surface area contributed by atoms with Crippen molar-refractivity contribution in [3.05, 3.63) is 258 Å². The number of hydrogen-bond donors (Lipinski definition) is 0. The van der Waals surface area contributed by atoms with E-state index >= 15 is 0 Å². The minimum absolute atomic E-state index is 0.0653. The van der Waals surface area contributed by atoms with Gasteiger partial charge in [-0.15, -0.1) is 0 Å². The minimum atomic E-state index is -0.0653. The average molecular weight is 830 g/mol. The standard InChI is InChI=1S/C64H47N/c1-64(2)60-23-13-11-20-54(60)55-38-37-50(41-61(55)64)51(39-43-25-29-46(30-26-43)45-15-5-3-6-16-45)40-44-27-31-47(32-28-44)48-33-35-49(36-34-48)58-42-59-56-21-12-14-24-62(56)65(52-17-7-4-8-18-52)63(59)57-22-10-9-19-53(57)58/h3-39,41-42H,40H2,1-2H3/b51-39-. The molecule has 1 aromatic heterocycles. The Morgan fingerprint density at radius 1 is 0.415 bits per heavy atom. The Balaban J connectivity index is 0.876. The number of allylic oxidation sites excluding steroid dienone is 1. The molecule has 308 valence electrons. The molecule has 1 heterocycles. The van der Waals surface area contributed by atoms with Gasteiger partial charge in [-0.1, -0.05) is 220 Å². The number of hydrogen-bond acceptors (Lipinski definition) is 0. The van der Waals surface area contributed by atoms with E-state index in [0.29, 0.717) is 0 Å². The van der Waals surface area contributed by atoms with Gasteiger partial charge in [-0.2, -0.15) is 0 Å². The van der Waals surface area contributed by atoms with Crippen LogP contribution in [0.3, 0.4) is 0 Å². The Hall–Kier alpha value is -8.00. The Bertz CT molecular complexity index is 3590. The summed E-state index contributed by atoms with van der Waals surface area (Å²) < 4.78 is 2.43. The second-order valence-corrected chi connectivity index (χ2v) is 18.1. The molecule has 0 bridgehead atoms. The Morgan fingerprint density at radius 2 is 0.969 bits per heavy atom. The van der Waals surface area contributed by atoms with E-state index in [-0.39, 0.29) is 5.41 Å². The second kappa shape index (κ2) is 15.7. The molecular weight excluding hydrogens is 783 g/mol. The van der Waals surface area contributed by atoms with Crippen LogP contribution in [0.25, 0.3) is 94.4 Å². The van der Waals surface area contributed by atoms with E-state index in [1.807, 2.05) is 0 Å². The van der Waals surface area contributed by atoms with Crippen LogP contribution in [0.4, 0.5) is 0 Å². The van der Waals surface area contributed by atoms with Gasteiger partial charge in [0.05, 0.1) is 11.0 Å². The third-order valence-corrected chi connectivity index (χ3v) is 13.9. The Kier molecular flexibility index (Phi) is 9.31. The predicted octanol–water partition coefficient (Wildman–Crippen LogP) is 17.0. The summed E-state index contributed by atoms with van der Waals surface area (Å²) in [4.78, 5) is 0. The van der Waals surface area contributed by atoms with Gasteiger partial charge in [0.25, 0.3) is 0 Å².